The van der Waals surface area contributed by atoms with Crippen LogP contribution in [0.1, 0.15) is 12.5 Å². The summed E-state index contributed by atoms with van der Waals surface area (Å²) in [6.07, 6.45) is 3.19. The second-order valence-corrected chi connectivity index (χ2v) is 4.49. The zero-order chi connectivity index (χ0) is 15.1. The summed E-state index contributed by atoms with van der Waals surface area (Å²) in [5.74, 6) is -0.298. The highest BCUT2D eigenvalue weighted by molar-refractivity contribution is 6.01. The van der Waals surface area contributed by atoms with Crippen LogP contribution < -0.4 is 10.6 Å². The monoisotopic (exact) mass is 280 g/mol. The number of amides is 2. The van der Waals surface area contributed by atoms with Gasteiger partial charge in [0.15, 0.2) is 0 Å². The van der Waals surface area contributed by atoms with Gasteiger partial charge in [-0.2, -0.15) is 0 Å². The summed E-state index contributed by atoms with van der Waals surface area (Å²) in [6.45, 7) is 1.46. The zero-order valence-corrected chi connectivity index (χ0v) is 11.7. The maximum Gasteiger partial charge on any atom is 0.248 e. The summed E-state index contributed by atoms with van der Waals surface area (Å²) < 4.78 is 0. The van der Waals surface area contributed by atoms with Gasteiger partial charge in [-0.05, 0) is 35.9 Å². The van der Waals surface area contributed by atoms with Crippen molar-refractivity contribution in [3.05, 3.63) is 66.2 Å². The standard InChI is InChI=1S/C17H16N2O2/c1-13(20)18-16-10-7-14(8-11-16)9-12-17(21)19-15-5-3-2-4-6-15/h2-12H,1H3,(H,18,20)(H,19,21)/b12-9+. The fraction of sp³-hybridized carbons (Fsp3) is 0.0588. The number of carbonyl (C=O) groups excluding carboxylic acids is 2. The van der Waals surface area contributed by atoms with E-state index in [9.17, 15) is 9.59 Å². The van der Waals surface area contributed by atoms with Crippen LogP contribution in [0.5, 0.6) is 0 Å². The molecule has 0 fully saturated rings. The van der Waals surface area contributed by atoms with E-state index in [1.807, 2.05) is 42.5 Å². The SMILES string of the molecule is CC(=O)Nc1ccc(/C=C/C(=O)Nc2ccccc2)cc1. The highest BCUT2D eigenvalue weighted by Crippen LogP contribution is 2.11. The van der Waals surface area contributed by atoms with Crippen LogP contribution in [0.4, 0.5) is 11.4 Å². The smallest absolute Gasteiger partial charge is 0.248 e. The molecular formula is C17H16N2O2. The lowest BCUT2D eigenvalue weighted by molar-refractivity contribution is -0.114. The number of rotatable bonds is 4. The molecule has 2 aromatic rings. The Morgan fingerprint density at radius 2 is 1.48 bits per heavy atom. The third-order valence-electron chi connectivity index (χ3n) is 2.70. The Hall–Kier alpha value is -2.88. The van der Waals surface area contributed by atoms with E-state index in [0.717, 1.165) is 16.9 Å². The van der Waals surface area contributed by atoms with Gasteiger partial charge in [-0.1, -0.05) is 30.3 Å². The van der Waals surface area contributed by atoms with Gasteiger partial charge in [0.1, 0.15) is 0 Å². The average Bonchev–Trinajstić information content (AvgIpc) is 2.47. The van der Waals surface area contributed by atoms with Crippen LogP contribution >= 0.6 is 0 Å². The van der Waals surface area contributed by atoms with Crippen LogP contribution in [-0.4, -0.2) is 11.8 Å². The number of nitrogens with one attached hydrogen (secondary N) is 2. The van der Waals surface area contributed by atoms with Crippen molar-refractivity contribution < 1.29 is 9.59 Å². The summed E-state index contributed by atoms with van der Waals surface area (Å²) in [4.78, 5) is 22.7. The van der Waals surface area contributed by atoms with Crippen molar-refractivity contribution in [2.45, 2.75) is 6.92 Å². The highest BCUT2D eigenvalue weighted by Gasteiger charge is 1.97. The van der Waals surface area contributed by atoms with E-state index in [-0.39, 0.29) is 11.8 Å². The van der Waals surface area contributed by atoms with Crippen LogP contribution in [0.15, 0.2) is 60.7 Å². The lowest BCUT2D eigenvalue weighted by Gasteiger charge is -2.02. The largest absolute Gasteiger partial charge is 0.326 e. The quantitative estimate of drug-likeness (QED) is 0.844. The molecule has 2 aromatic carbocycles. The number of carbonyl (C=O) groups is 2. The summed E-state index contributed by atoms with van der Waals surface area (Å²) in [7, 11) is 0. The van der Waals surface area contributed by atoms with Crippen molar-refractivity contribution in [2.75, 3.05) is 10.6 Å². The molecule has 4 heteroatoms. The molecule has 2 rings (SSSR count). The topological polar surface area (TPSA) is 58.2 Å². The van der Waals surface area contributed by atoms with E-state index >= 15 is 0 Å². The Morgan fingerprint density at radius 3 is 2.10 bits per heavy atom. The van der Waals surface area contributed by atoms with Crippen molar-refractivity contribution in [1.29, 1.82) is 0 Å². The maximum atomic E-state index is 11.7. The third-order valence-corrected chi connectivity index (χ3v) is 2.70. The predicted molar refractivity (Wildman–Crippen MR) is 84.9 cm³/mol. The predicted octanol–water partition coefficient (Wildman–Crippen LogP) is 3.30. The minimum Gasteiger partial charge on any atom is -0.326 e. The summed E-state index contributed by atoms with van der Waals surface area (Å²) in [6, 6.07) is 16.5. The molecule has 0 heterocycles. The molecule has 0 aromatic heterocycles. The number of hydrogen-bond acceptors (Lipinski definition) is 2. The lowest BCUT2D eigenvalue weighted by Crippen LogP contribution is -2.07. The Bertz CT molecular complexity index is 646. The van der Waals surface area contributed by atoms with Crippen LogP contribution in [0.25, 0.3) is 6.08 Å². The molecule has 0 atom stereocenters. The first-order valence-corrected chi connectivity index (χ1v) is 6.55. The molecule has 2 N–H and O–H groups in total. The van der Waals surface area contributed by atoms with Gasteiger partial charge in [-0.25, -0.2) is 0 Å². The van der Waals surface area contributed by atoms with Gasteiger partial charge in [0.05, 0.1) is 0 Å². The molecule has 4 nitrogen and oxygen atoms in total. The van der Waals surface area contributed by atoms with Gasteiger partial charge in [-0.15, -0.1) is 0 Å². The summed E-state index contributed by atoms with van der Waals surface area (Å²) in [5.41, 5.74) is 2.37. The van der Waals surface area contributed by atoms with Gasteiger partial charge in [0, 0.05) is 24.4 Å². The van der Waals surface area contributed by atoms with E-state index in [1.165, 1.54) is 13.0 Å². The fourth-order valence-corrected chi connectivity index (χ4v) is 1.76. The Balaban J connectivity index is 1.94. The summed E-state index contributed by atoms with van der Waals surface area (Å²) >= 11 is 0. The molecule has 2 amide bonds. The van der Waals surface area contributed by atoms with E-state index in [4.69, 9.17) is 0 Å². The molecule has 0 saturated heterocycles. The van der Waals surface area contributed by atoms with Crippen LogP contribution in [0.2, 0.25) is 0 Å². The number of para-hydroxylation sites is 1. The van der Waals surface area contributed by atoms with Crippen LogP contribution in [0, 0.1) is 0 Å². The van der Waals surface area contributed by atoms with E-state index < -0.39 is 0 Å². The van der Waals surface area contributed by atoms with Gasteiger partial charge >= 0.3 is 0 Å². The van der Waals surface area contributed by atoms with Crippen molar-refractivity contribution in [2.24, 2.45) is 0 Å². The first-order valence-electron chi connectivity index (χ1n) is 6.55. The molecule has 0 saturated carbocycles. The molecule has 0 spiro atoms. The number of hydrogen-bond donors (Lipinski definition) is 2. The highest BCUT2D eigenvalue weighted by atomic mass is 16.2. The van der Waals surface area contributed by atoms with Crippen molar-refractivity contribution >= 4 is 29.3 Å². The second-order valence-electron chi connectivity index (χ2n) is 4.49. The second kappa shape index (κ2) is 7.05. The minimum absolute atomic E-state index is 0.111. The first kappa shape index (κ1) is 14.5. The molecule has 106 valence electrons. The van der Waals surface area contributed by atoms with Gasteiger partial charge < -0.3 is 10.6 Å². The molecule has 0 aliphatic heterocycles. The third kappa shape index (κ3) is 4.95. The molecule has 0 aliphatic rings. The molecule has 0 radical (unpaired) electrons. The number of benzene rings is 2. The molecule has 21 heavy (non-hydrogen) atoms. The maximum absolute atomic E-state index is 11.7. The Morgan fingerprint density at radius 1 is 0.857 bits per heavy atom. The normalized spacial score (nSPS) is 10.3. The van der Waals surface area contributed by atoms with Crippen molar-refractivity contribution in [3.8, 4) is 0 Å². The number of anilines is 2. The van der Waals surface area contributed by atoms with E-state index in [1.54, 1.807) is 18.2 Å². The van der Waals surface area contributed by atoms with Crippen molar-refractivity contribution in [1.82, 2.24) is 0 Å². The van der Waals surface area contributed by atoms with Gasteiger partial charge in [0.25, 0.3) is 0 Å². The summed E-state index contributed by atoms with van der Waals surface area (Å²) in [5, 5.41) is 5.45. The lowest BCUT2D eigenvalue weighted by atomic mass is 10.2. The van der Waals surface area contributed by atoms with Crippen molar-refractivity contribution in [3.63, 3.8) is 0 Å². The zero-order valence-electron chi connectivity index (χ0n) is 11.7. The fourth-order valence-electron chi connectivity index (χ4n) is 1.76. The van der Waals surface area contributed by atoms with E-state index in [0.29, 0.717) is 0 Å². The Labute approximate surface area is 123 Å². The molecular weight excluding hydrogens is 264 g/mol. The van der Waals surface area contributed by atoms with Gasteiger partial charge in [0.2, 0.25) is 11.8 Å². The molecule has 0 aliphatic carbocycles. The first-order chi connectivity index (χ1) is 10.1. The van der Waals surface area contributed by atoms with Crippen LogP contribution in [0.3, 0.4) is 0 Å². The van der Waals surface area contributed by atoms with Crippen LogP contribution in [-0.2, 0) is 9.59 Å². The minimum atomic E-state index is -0.188. The van der Waals surface area contributed by atoms with Gasteiger partial charge in [-0.3, -0.25) is 9.59 Å². The Kier molecular flexibility index (Phi) is 4.88. The average molecular weight is 280 g/mol. The molecule has 0 unspecified atom stereocenters. The van der Waals surface area contributed by atoms with E-state index in [2.05, 4.69) is 10.6 Å². The molecule has 0 bridgehead atoms.